The predicted molar refractivity (Wildman–Crippen MR) is 146 cm³/mol. The smallest absolute Gasteiger partial charge is 0.300 e. The van der Waals surface area contributed by atoms with Gasteiger partial charge in [0, 0.05) is 66.7 Å². The Morgan fingerprint density at radius 1 is 0.947 bits per heavy atom. The van der Waals surface area contributed by atoms with Gasteiger partial charge in [0.25, 0.3) is 29.8 Å². The van der Waals surface area contributed by atoms with Gasteiger partial charge >= 0.3 is 0 Å². The first-order valence-electron chi connectivity index (χ1n) is 10.9. The summed E-state index contributed by atoms with van der Waals surface area (Å²) in [6.45, 7) is 9.91. The summed E-state index contributed by atoms with van der Waals surface area (Å²) in [6, 6.07) is 0.357. The molecule has 8 N–H and O–H groups in total. The summed E-state index contributed by atoms with van der Waals surface area (Å²) in [6.07, 6.45) is 9.04. The fourth-order valence-electron chi connectivity index (χ4n) is 2.09. The summed E-state index contributed by atoms with van der Waals surface area (Å²) in [4.78, 5) is 51.5. The van der Waals surface area contributed by atoms with Crippen LogP contribution in [0.5, 0.6) is 0 Å². The zero-order valence-corrected chi connectivity index (χ0v) is 23.7. The Morgan fingerprint density at radius 2 is 1.32 bits per heavy atom. The molecule has 15 heteroatoms. The molecule has 0 saturated heterocycles. The minimum absolute atomic E-state index is 0.357. The molecule has 2 unspecified atom stereocenters. The summed E-state index contributed by atoms with van der Waals surface area (Å²) < 4.78 is 0. The van der Waals surface area contributed by atoms with Gasteiger partial charge in [-0.2, -0.15) is 0 Å². The minimum atomic E-state index is -0.833. The van der Waals surface area contributed by atoms with Crippen LogP contribution in [0.4, 0.5) is 0 Å². The fourth-order valence-corrected chi connectivity index (χ4v) is 2.25. The maximum atomic E-state index is 9.00. The van der Waals surface area contributed by atoms with Crippen LogP contribution in [0, 0.1) is 0 Å². The standard InChI is InChI=1S/C13H22N4S.5C2H4O2/c1-12(15-9-8-14)10-17(2)13(16-11-18)6-4-3-5-7-13;5*1-2(3)4/h3-6,12,15H,7-10,14H2,1-2H3;5*1H3,(H,3,4). The summed E-state index contributed by atoms with van der Waals surface area (Å²) in [5.74, 6) is -4.17. The Balaban J connectivity index is -0.000000148. The van der Waals surface area contributed by atoms with Crippen LogP contribution < -0.4 is 11.1 Å². The van der Waals surface area contributed by atoms with Crippen molar-refractivity contribution in [2.24, 2.45) is 10.7 Å². The number of hydrogen-bond donors (Lipinski definition) is 7. The van der Waals surface area contributed by atoms with E-state index < -0.39 is 29.8 Å². The number of thiocarbonyl (C=S) groups is 1. The number of rotatable bonds is 7. The van der Waals surface area contributed by atoms with Crippen LogP contribution in [-0.4, -0.2) is 104 Å². The number of carbonyl (C=O) groups is 5. The average molecular weight is 567 g/mol. The predicted octanol–water partition coefficient (Wildman–Crippen LogP) is 1.62. The van der Waals surface area contributed by atoms with Gasteiger partial charge in [-0.3, -0.25) is 28.9 Å². The van der Waals surface area contributed by atoms with Crippen LogP contribution in [0.3, 0.4) is 0 Å². The van der Waals surface area contributed by atoms with E-state index in [2.05, 4.69) is 46.5 Å². The third kappa shape index (κ3) is 53.7. The summed E-state index contributed by atoms with van der Waals surface area (Å²) >= 11 is 4.77. The molecule has 1 rings (SSSR count). The van der Waals surface area contributed by atoms with E-state index in [1.54, 1.807) is 0 Å². The molecule has 0 aromatic rings. The number of hydrogen-bond acceptors (Lipinski definition) is 10. The lowest BCUT2D eigenvalue weighted by atomic mass is 9.99. The van der Waals surface area contributed by atoms with Crippen molar-refractivity contribution in [2.45, 2.75) is 59.7 Å². The lowest BCUT2D eigenvalue weighted by Gasteiger charge is -2.37. The van der Waals surface area contributed by atoms with Crippen molar-refractivity contribution in [3.8, 4) is 0 Å². The van der Waals surface area contributed by atoms with Gasteiger partial charge in [-0.25, -0.2) is 4.99 Å². The third-order valence-corrected chi connectivity index (χ3v) is 3.21. The van der Waals surface area contributed by atoms with Crippen LogP contribution in [0.1, 0.15) is 48.0 Å². The van der Waals surface area contributed by atoms with Crippen LogP contribution in [0.2, 0.25) is 0 Å². The van der Waals surface area contributed by atoms with Crippen molar-refractivity contribution in [3.05, 3.63) is 24.3 Å². The third-order valence-electron chi connectivity index (χ3n) is 3.11. The highest BCUT2D eigenvalue weighted by Crippen LogP contribution is 2.25. The van der Waals surface area contributed by atoms with E-state index in [0.717, 1.165) is 54.1 Å². The van der Waals surface area contributed by atoms with Gasteiger partial charge in [-0.05, 0) is 32.3 Å². The first kappa shape index (κ1) is 44.5. The van der Waals surface area contributed by atoms with Crippen LogP contribution >= 0.6 is 12.2 Å². The second kappa shape index (κ2) is 29.7. The molecule has 14 nitrogen and oxygen atoms in total. The van der Waals surface area contributed by atoms with E-state index in [0.29, 0.717) is 12.6 Å². The maximum absolute atomic E-state index is 9.00. The van der Waals surface area contributed by atoms with Crippen molar-refractivity contribution < 1.29 is 49.5 Å². The topological polar surface area (TPSA) is 240 Å². The number of isothiocyanates is 1. The molecule has 2 atom stereocenters. The number of allylic oxidation sites excluding steroid dienone is 2. The van der Waals surface area contributed by atoms with Gasteiger partial charge in [-0.15, -0.1) is 0 Å². The lowest BCUT2D eigenvalue weighted by molar-refractivity contribution is -0.135. The van der Waals surface area contributed by atoms with Crippen molar-refractivity contribution in [2.75, 3.05) is 26.7 Å². The van der Waals surface area contributed by atoms with Crippen molar-refractivity contribution >= 4 is 47.2 Å². The number of nitrogens with one attached hydrogen (secondary N) is 1. The average Bonchev–Trinajstić information content (AvgIpc) is 2.71. The molecule has 0 aromatic carbocycles. The van der Waals surface area contributed by atoms with E-state index >= 15 is 0 Å². The Bertz CT molecular complexity index is 709. The molecule has 0 bridgehead atoms. The maximum Gasteiger partial charge on any atom is 0.300 e. The Hall–Kier alpha value is -3.49. The summed E-state index contributed by atoms with van der Waals surface area (Å²) in [5, 5.41) is 43.0. The molecular formula is C23H42N4O10S. The normalized spacial score (nSPS) is 14.7. The molecule has 0 radical (unpaired) electrons. The number of nitrogens with two attached hydrogens (primary N) is 1. The lowest BCUT2D eigenvalue weighted by Crippen LogP contribution is -2.49. The molecule has 0 spiro atoms. The van der Waals surface area contributed by atoms with Crippen molar-refractivity contribution in [1.29, 1.82) is 0 Å². The first-order valence-corrected chi connectivity index (χ1v) is 11.3. The molecular weight excluding hydrogens is 524 g/mol. The zero-order chi connectivity index (χ0) is 31.3. The molecule has 1 aliphatic rings. The van der Waals surface area contributed by atoms with Gasteiger partial charge in [-0.1, -0.05) is 18.2 Å². The molecule has 220 valence electrons. The Kier molecular flexibility index (Phi) is 34.8. The summed E-state index contributed by atoms with van der Waals surface area (Å²) in [5.41, 5.74) is 5.11. The molecule has 0 heterocycles. The Labute approximate surface area is 228 Å². The van der Waals surface area contributed by atoms with Gasteiger partial charge in [0.15, 0.2) is 0 Å². The molecule has 0 aliphatic heterocycles. The van der Waals surface area contributed by atoms with Gasteiger partial charge < -0.3 is 36.6 Å². The van der Waals surface area contributed by atoms with E-state index in [1.165, 1.54) is 0 Å². The largest absolute Gasteiger partial charge is 0.481 e. The van der Waals surface area contributed by atoms with Gasteiger partial charge in [0.1, 0.15) is 5.66 Å². The van der Waals surface area contributed by atoms with E-state index in [4.69, 9.17) is 67.5 Å². The zero-order valence-electron chi connectivity index (χ0n) is 22.9. The number of carboxylic acid groups (broad SMARTS) is 5. The monoisotopic (exact) mass is 566 g/mol. The minimum Gasteiger partial charge on any atom is -0.481 e. The summed E-state index contributed by atoms with van der Waals surface area (Å²) in [7, 11) is 2.06. The van der Waals surface area contributed by atoms with Crippen LogP contribution in [-0.2, 0) is 24.0 Å². The fraction of sp³-hybridized carbons (Fsp3) is 0.565. The molecule has 38 heavy (non-hydrogen) atoms. The molecule has 0 fully saturated rings. The number of aliphatic carboxylic acids is 5. The highest BCUT2D eigenvalue weighted by molar-refractivity contribution is 7.78. The SMILES string of the molecule is CC(=O)O.CC(=O)O.CC(=O)O.CC(=O)O.CC(=O)O.CC(CN(C)C1(N=C=S)C=CC=CC1)NCCN. The van der Waals surface area contributed by atoms with Crippen LogP contribution in [0.15, 0.2) is 29.3 Å². The number of likely N-dealkylation sites (N-methyl/N-ethyl adjacent to an activating group) is 1. The van der Waals surface area contributed by atoms with Gasteiger partial charge in [0.2, 0.25) is 0 Å². The molecule has 1 aliphatic carbocycles. The van der Waals surface area contributed by atoms with Crippen LogP contribution in [0.25, 0.3) is 0 Å². The highest BCUT2D eigenvalue weighted by Gasteiger charge is 2.31. The van der Waals surface area contributed by atoms with E-state index in [-0.39, 0.29) is 5.66 Å². The number of aliphatic imine (C=N–C) groups is 1. The van der Waals surface area contributed by atoms with Crippen molar-refractivity contribution in [3.63, 3.8) is 0 Å². The molecule has 0 saturated carbocycles. The molecule has 0 aromatic heterocycles. The number of nitrogens with zero attached hydrogens (tertiary/aromatic N) is 2. The number of carboxylic acids is 5. The van der Waals surface area contributed by atoms with Gasteiger partial charge in [0.05, 0.1) is 5.16 Å². The second-order valence-corrected chi connectivity index (χ2v) is 7.38. The first-order chi connectivity index (χ1) is 17.3. The van der Waals surface area contributed by atoms with E-state index in [9.17, 15) is 0 Å². The molecule has 0 amide bonds. The Morgan fingerprint density at radius 3 is 1.58 bits per heavy atom. The van der Waals surface area contributed by atoms with E-state index in [1.807, 2.05) is 12.2 Å². The second-order valence-electron chi connectivity index (χ2n) is 7.19. The van der Waals surface area contributed by atoms with Crippen molar-refractivity contribution in [1.82, 2.24) is 10.2 Å². The highest BCUT2D eigenvalue weighted by atomic mass is 32.1. The quantitative estimate of drug-likeness (QED) is 0.171.